The molecule has 8 heteroatoms. The molecule has 2 aliphatic rings. The van der Waals surface area contributed by atoms with E-state index in [4.69, 9.17) is 11.7 Å². The first-order valence-corrected chi connectivity index (χ1v) is 10.7. The lowest BCUT2D eigenvalue weighted by Crippen LogP contribution is -2.49. The standard InChI is InChI=1S/C14H20N2.C8H11N5S/c1-15-6-8-16(9-7-15)14-10-12-4-2-3-5-13(12)11-14;9-12-8(13-10)6-1-3-7(4-2-6)11-5-14/h2-5,14H,6-11H2,1H3;1-5H,9-10H2,(H,11,14)(H,12,13). The summed E-state index contributed by atoms with van der Waals surface area (Å²) in [6.45, 7) is 4.95. The van der Waals surface area contributed by atoms with E-state index in [1.54, 1.807) is 11.1 Å². The summed E-state index contributed by atoms with van der Waals surface area (Å²) < 4.78 is 0. The summed E-state index contributed by atoms with van der Waals surface area (Å²) in [5.74, 6) is 10.8. The molecule has 0 amide bonds. The third kappa shape index (κ3) is 5.76. The van der Waals surface area contributed by atoms with E-state index in [1.165, 1.54) is 44.5 Å². The van der Waals surface area contributed by atoms with Crippen molar-refractivity contribution in [3.05, 3.63) is 65.2 Å². The van der Waals surface area contributed by atoms with Crippen LogP contribution in [0, 0.1) is 0 Å². The number of benzene rings is 2. The lowest BCUT2D eigenvalue weighted by atomic mass is 10.1. The molecule has 6 N–H and O–H groups in total. The second kappa shape index (κ2) is 11.0. The number of hydrazine groups is 1. The summed E-state index contributed by atoms with van der Waals surface area (Å²) in [7, 11) is 2.22. The van der Waals surface area contributed by atoms with Crippen molar-refractivity contribution < 1.29 is 0 Å². The van der Waals surface area contributed by atoms with Crippen LogP contribution >= 0.6 is 12.2 Å². The maximum Gasteiger partial charge on any atom is 0.166 e. The van der Waals surface area contributed by atoms with Crippen LogP contribution in [0.2, 0.25) is 0 Å². The maximum absolute atomic E-state index is 5.21. The Morgan fingerprint density at radius 3 is 2.13 bits per heavy atom. The Morgan fingerprint density at radius 1 is 1.03 bits per heavy atom. The zero-order valence-electron chi connectivity index (χ0n) is 17.4. The molecule has 7 nitrogen and oxygen atoms in total. The van der Waals surface area contributed by atoms with Crippen LogP contribution in [0.4, 0.5) is 5.69 Å². The highest BCUT2D eigenvalue weighted by molar-refractivity contribution is 7.79. The molecular weight excluding hydrogens is 394 g/mol. The number of anilines is 1. The van der Waals surface area contributed by atoms with Crippen molar-refractivity contribution in [1.29, 1.82) is 0 Å². The molecule has 1 aliphatic carbocycles. The molecule has 160 valence electrons. The number of likely N-dealkylation sites (N-methyl/N-ethyl adjacent to an activating group) is 1. The molecular formula is C22H31N7S. The molecule has 0 atom stereocenters. The summed E-state index contributed by atoms with van der Waals surface area (Å²) in [5, 5.41) is 6.36. The van der Waals surface area contributed by atoms with Crippen molar-refractivity contribution in [2.75, 3.05) is 38.5 Å². The van der Waals surface area contributed by atoms with Crippen LogP contribution in [0.5, 0.6) is 0 Å². The summed E-state index contributed by atoms with van der Waals surface area (Å²) in [6.07, 6.45) is 2.53. The van der Waals surface area contributed by atoms with Crippen molar-refractivity contribution in [3.8, 4) is 0 Å². The molecule has 1 saturated heterocycles. The van der Waals surface area contributed by atoms with Gasteiger partial charge in [-0.2, -0.15) is 5.10 Å². The van der Waals surface area contributed by atoms with Gasteiger partial charge in [0.1, 0.15) is 0 Å². The summed E-state index contributed by atoms with van der Waals surface area (Å²) in [5.41, 5.74) is 8.70. The van der Waals surface area contributed by atoms with E-state index in [1.807, 2.05) is 24.3 Å². The number of hydrogen-bond acceptors (Lipinski definition) is 6. The van der Waals surface area contributed by atoms with E-state index < -0.39 is 0 Å². The Balaban J connectivity index is 0.000000173. The molecule has 4 rings (SSSR count). The van der Waals surface area contributed by atoms with Crippen molar-refractivity contribution in [2.24, 2.45) is 16.8 Å². The number of hydrogen-bond donors (Lipinski definition) is 4. The molecule has 0 spiro atoms. The number of nitrogens with zero attached hydrogens (tertiary/aromatic N) is 3. The molecule has 0 radical (unpaired) electrons. The Kier molecular flexibility index (Phi) is 8.15. The van der Waals surface area contributed by atoms with Crippen LogP contribution in [-0.4, -0.2) is 60.4 Å². The summed E-state index contributed by atoms with van der Waals surface area (Å²) >= 11 is 4.65. The van der Waals surface area contributed by atoms with Crippen molar-refractivity contribution in [1.82, 2.24) is 15.2 Å². The normalized spacial score (nSPS) is 17.6. The van der Waals surface area contributed by atoms with Gasteiger partial charge in [0.25, 0.3) is 0 Å². The average Bonchev–Trinajstić information content (AvgIpc) is 3.21. The monoisotopic (exact) mass is 425 g/mol. The Hall–Kier alpha value is -2.52. The number of hydrazone groups is 1. The van der Waals surface area contributed by atoms with Crippen molar-refractivity contribution in [2.45, 2.75) is 18.9 Å². The van der Waals surface area contributed by atoms with Crippen molar-refractivity contribution in [3.63, 3.8) is 0 Å². The molecule has 0 aromatic heterocycles. The van der Waals surface area contributed by atoms with Crippen LogP contribution in [-0.2, 0) is 12.8 Å². The van der Waals surface area contributed by atoms with E-state index in [9.17, 15) is 0 Å². The number of nitrogens with one attached hydrogen (secondary N) is 2. The van der Waals surface area contributed by atoms with Gasteiger partial charge >= 0.3 is 0 Å². The average molecular weight is 426 g/mol. The minimum Gasteiger partial charge on any atom is -0.353 e. The van der Waals surface area contributed by atoms with E-state index >= 15 is 0 Å². The first kappa shape index (κ1) is 22.2. The fraction of sp³-hybridized carbons (Fsp3) is 0.364. The Bertz CT molecular complexity index is 820. The van der Waals surface area contributed by atoms with E-state index in [0.717, 1.165) is 17.3 Å². The molecule has 1 heterocycles. The van der Waals surface area contributed by atoms with Gasteiger partial charge in [-0.25, -0.2) is 5.84 Å². The SMILES string of the molecule is CN1CCN(C2Cc3ccccc3C2)CC1.N/N=C(\NN)c1ccc(NC=S)cc1. The Labute approximate surface area is 184 Å². The maximum atomic E-state index is 5.21. The van der Waals surface area contributed by atoms with Gasteiger partial charge in [0.2, 0.25) is 0 Å². The largest absolute Gasteiger partial charge is 0.353 e. The molecule has 1 fully saturated rings. The highest BCUT2D eigenvalue weighted by Gasteiger charge is 2.28. The highest BCUT2D eigenvalue weighted by atomic mass is 32.1. The van der Waals surface area contributed by atoms with Gasteiger partial charge in [-0.05, 0) is 55.3 Å². The number of piperazine rings is 1. The smallest absolute Gasteiger partial charge is 0.166 e. The minimum absolute atomic E-state index is 0.430. The van der Waals surface area contributed by atoms with Gasteiger partial charge in [-0.15, -0.1) is 0 Å². The lowest BCUT2D eigenvalue weighted by Gasteiger charge is -2.36. The summed E-state index contributed by atoms with van der Waals surface area (Å²) in [4.78, 5) is 5.11. The first-order valence-electron chi connectivity index (χ1n) is 10.2. The number of fused-ring (bicyclic) bond motifs is 1. The second-order valence-corrected chi connectivity index (χ2v) is 7.87. The van der Waals surface area contributed by atoms with Crippen LogP contribution in [0.25, 0.3) is 0 Å². The van der Waals surface area contributed by atoms with Gasteiger partial charge < -0.3 is 21.5 Å². The molecule has 0 unspecified atom stereocenters. The zero-order valence-corrected chi connectivity index (χ0v) is 18.2. The van der Waals surface area contributed by atoms with Crippen LogP contribution < -0.4 is 22.4 Å². The molecule has 2 aromatic carbocycles. The predicted molar refractivity (Wildman–Crippen MR) is 128 cm³/mol. The van der Waals surface area contributed by atoms with Gasteiger partial charge in [0.15, 0.2) is 5.84 Å². The topological polar surface area (TPSA) is 94.9 Å². The second-order valence-electron chi connectivity index (χ2n) is 7.63. The van der Waals surface area contributed by atoms with Crippen molar-refractivity contribution >= 4 is 29.2 Å². The van der Waals surface area contributed by atoms with Crippen LogP contribution in [0.1, 0.15) is 16.7 Å². The van der Waals surface area contributed by atoms with Gasteiger partial charge in [-0.3, -0.25) is 4.90 Å². The molecule has 30 heavy (non-hydrogen) atoms. The molecule has 0 bridgehead atoms. The third-order valence-electron chi connectivity index (χ3n) is 5.73. The number of nitrogens with two attached hydrogens (primary N) is 2. The van der Waals surface area contributed by atoms with E-state index in [0.29, 0.717) is 5.84 Å². The summed E-state index contributed by atoms with van der Waals surface area (Å²) in [6, 6.07) is 17.1. The highest BCUT2D eigenvalue weighted by Crippen LogP contribution is 2.25. The first-order chi connectivity index (χ1) is 14.6. The third-order valence-corrected chi connectivity index (χ3v) is 5.85. The molecule has 1 aliphatic heterocycles. The fourth-order valence-corrected chi connectivity index (χ4v) is 4.10. The van der Waals surface area contributed by atoms with Crippen LogP contribution in [0.3, 0.4) is 0 Å². The van der Waals surface area contributed by atoms with E-state index in [-0.39, 0.29) is 0 Å². The number of thiocarbonyl (C=S) groups is 1. The Morgan fingerprint density at radius 2 is 1.63 bits per heavy atom. The zero-order chi connectivity index (χ0) is 21.3. The minimum atomic E-state index is 0.430. The number of rotatable bonds is 4. The number of amidine groups is 1. The molecule has 0 saturated carbocycles. The predicted octanol–water partition coefficient (Wildman–Crippen LogP) is 1.54. The van der Waals surface area contributed by atoms with Gasteiger partial charge in [0, 0.05) is 43.5 Å². The van der Waals surface area contributed by atoms with E-state index in [2.05, 4.69) is 69.2 Å². The lowest BCUT2D eigenvalue weighted by molar-refractivity contribution is 0.115. The van der Waals surface area contributed by atoms with Gasteiger partial charge in [0.05, 0.1) is 5.49 Å². The quantitative estimate of drug-likeness (QED) is 0.194. The van der Waals surface area contributed by atoms with Crippen LogP contribution in [0.15, 0.2) is 53.6 Å². The fourth-order valence-electron chi connectivity index (χ4n) is 3.97. The molecule has 2 aromatic rings. The van der Waals surface area contributed by atoms with Gasteiger partial charge in [-0.1, -0.05) is 36.5 Å².